The summed E-state index contributed by atoms with van der Waals surface area (Å²) < 4.78 is 4.78. The number of benzene rings is 1. The van der Waals surface area contributed by atoms with Crippen LogP contribution in [0.4, 0.5) is 0 Å². The summed E-state index contributed by atoms with van der Waals surface area (Å²) in [5.41, 5.74) is 3.82. The van der Waals surface area contributed by atoms with E-state index in [9.17, 15) is 4.79 Å². The van der Waals surface area contributed by atoms with E-state index in [2.05, 4.69) is 9.97 Å². The summed E-state index contributed by atoms with van der Waals surface area (Å²) in [5, 5.41) is 1.32. The van der Waals surface area contributed by atoms with Gasteiger partial charge >= 0.3 is 5.97 Å². The van der Waals surface area contributed by atoms with Crippen LogP contribution in [0.2, 0.25) is 5.02 Å². The summed E-state index contributed by atoms with van der Waals surface area (Å²) in [5.74, 6) is -0.393. The number of ether oxygens (including phenoxy) is 1. The van der Waals surface area contributed by atoms with Crippen molar-refractivity contribution in [2.45, 2.75) is 6.92 Å². The number of pyridine rings is 2. The van der Waals surface area contributed by atoms with Crippen LogP contribution in [0.5, 0.6) is 0 Å². The topological polar surface area (TPSA) is 52.1 Å². The van der Waals surface area contributed by atoms with Crippen molar-refractivity contribution in [1.82, 2.24) is 9.97 Å². The van der Waals surface area contributed by atoms with Crippen LogP contribution in [0.3, 0.4) is 0 Å². The molecule has 0 aliphatic rings. The Morgan fingerprint density at radius 3 is 2.77 bits per heavy atom. The first kappa shape index (κ1) is 14.5. The van der Waals surface area contributed by atoms with E-state index in [0.29, 0.717) is 10.6 Å². The zero-order chi connectivity index (χ0) is 15.7. The standard InChI is InChI=1S/C17H13ClN2O2/c1-10-12(4-3-7-19-10)16-13-8-11(17(21)22-2)5-6-15(13)20-9-14(16)18/h3-9H,1-2H3. The second-order valence-electron chi connectivity index (χ2n) is 4.84. The molecule has 0 fully saturated rings. The summed E-state index contributed by atoms with van der Waals surface area (Å²) in [4.78, 5) is 20.4. The first-order valence-corrected chi connectivity index (χ1v) is 7.08. The molecule has 0 saturated carbocycles. The predicted molar refractivity (Wildman–Crippen MR) is 86.1 cm³/mol. The van der Waals surface area contributed by atoms with Crippen LogP contribution >= 0.6 is 11.6 Å². The van der Waals surface area contributed by atoms with Crippen LogP contribution in [0.1, 0.15) is 16.1 Å². The summed E-state index contributed by atoms with van der Waals surface area (Å²) in [7, 11) is 1.36. The van der Waals surface area contributed by atoms with Crippen LogP contribution in [0.25, 0.3) is 22.0 Å². The monoisotopic (exact) mass is 312 g/mol. The quantitative estimate of drug-likeness (QED) is 0.670. The number of rotatable bonds is 2. The third-order valence-electron chi connectivity index (χ3n) is 3.52. The lowest BCUT2D eigenvalue weighted by Crippen LogP contribution is -2.01. The Labute approximate surface area is 132 Å². The Morgan fingerprint density at radius 2 is 2.05 bits per heavy atom. The van der Waals surface area contributed by atoms with Crippen LogP contribution < -0.4 is 0 Å². The van der Waals surface area contributed by atoms with E-state index in [1.165, 1.54) is 7.11 Å². The predicted octanol–water partition coefficient (Wildman–Crippen LogP) is 4.05. The lowest BCUT2D eigenvalue weighted by Gasteiger charge is -2.11. The van der Waals surface area contributed by atoms with Gasteiger partial charge in [0.15, 0.2) is 0 Å². The number of esters is 1. The molecule has 5 heteroatoms. The van der Waals surface area contributed by atoms with Gasteiger partial charge in [-0.1, -0.05) is 17.7 Å². The number of aromatic nitrogens is 2. The van der Waals surface area contributed by atoms with E-state index in [0.717, 1.165) is 27.7 Å². The maximum absolute atomic E-state index is 11.8. The second kappa shape index (κ2) is 5.73. The number of aryl methyl sites for hydroxylation is 1. The maximum atomic E-state index is 11.8. The summed E-state index contributed by atoms with van der Waals surface area (Å²) >= 11 is 6.37. The second-order valence-corrected chi connectivity index (χ2v) is 5.25. The van der Waals surface area contributed by atoms with Crippen molar-refractivity contribution >= 4 is 28.5 Å². The number of hydrogen-bond donors (Lipinski definition) is 0. The van der Waals surface area contributed by atoms with Crippen LogP contribution in [-0.2, 0) is 4.74 Å². The van der Waals surface area contributed by atoms with Gasteiger partial charge in [0.05, 0.1) is 23.2 Å². The zero-order valence-electron chi connectivity index (χ0n) is 12.1. The molecule has 0 radical (unpaired) electrons. The molecule has 1 aromatic carbocycles. The summed E-state index contributed by atoms with van der Waals surface area (Å²) in [6, 6.07) is 9.03. The molecule has 22 heavy (non-hydrogen) atoms. The minimum absolute atomic E-state index is 0.393. The first-order valence-electron chi connectivity index (χ1n) is 6.70. The molecular formula is C17H13ClN2O2. The Hall–Kier alpha value is -2.46. The average Bonchev–Trinajstić information content (AvgIpc) is 2.54. The maximum Gasteiger partial charge on any atom is 0.337 e. The SMILES string of the molecule is COC(=O)c1ccc2ncc(Cl)c(-c3cccnc3C)c2c1. The summed E-state index contributed by atoms with van der Waals surface area (Å²) in [6.45, 7) is 1.92. The van der Waals surface area contributed by atoms with Crippen molar-refractivity contribution < 1.29 is 9.53 Å². The Balaban J connectivity index is 2.35. The van der Waals surface area contributed by atoms with Gasteiger partial charge in [-0.3, -0.25) is 9.97 Å². The number of methoxy groups -OCH3 is 1. The van der Waals surface area contributed by atoms with E-state index in [1.807, 2.05) is 19.1 Å². The van der Waals surface area contributed by atoms with Crippen molar-refractivity contribution in [3.63, 3.8) is 0 Å². The van der Waals surface area contributed by atoms with E-state index in [1.54, 1.807) is 30.6 Å². The number of halogens is 1. The molecular weight excluding hydrogens is 300 g/mol. The Kier molecular flexibility index (Phi) is 3.77. The minimum atomic E-state index is -0.393. The lowest BCUT2D eigenvalue weighted by molar-refractivity contribution is 0.0601. The molecule has 2 aromatic heterocycles. The normalized spacial score (nSPS) is 10.7. The molecule has 2 heterocycles. The highest BCUT2D eigenvalue weighted by molar-refractivity contribution is 6.34. The number of hydrogen-bond acceptors (Lipinski definition) is 4. The molecule has 0 aliphatic heterocycles. The van der Waals surface area contributed by atoms with Gasteiger partial charge in [-0.15, -0.1) is 0 Å². The van der Waals surface area contributed by atoms with Gasteiger partial charge in [-0.25, -0.2) is 4.79 Å². The molecule has 3 aromatic rings. The Morgan fingerprint density at radius 1 is 1.23 bits per heavy atom. The van der Waals surface area contributed by atoms with Crippen molar-refractivity contribution in [2.24, 2.45) is 0 Å². The number of carbonyl (C=O) groups excluding carboxylic acids is 1. The molecule has 0 bridgehead atoms. The molecule has 0 N–H and O–H groups in total. The lowest BCUT2D eigenvalue weighted by atomic mass is 9.99. The fourth-order valence-electron chi connectivity index (χ4n) is 2.44. The number of nitrogens with zero attached hydrogens (tertiary/aromatic N) is 2. The van der Waals surface area contributed by atoms with Gasteiger partial charge in [0.1, 0.15) is 0 Å². The Bertz CT molecular complexity index is 878. The number of carbonyl (C=O) groups is 1. The molecule has 4 nitrogen and oxygen atoms in total. The fourth-order valence-corrected chi connectivity index (χ4v) is 2.69. The average molecular weight is 313 g/mol. The van der Waals surface area contributed by atoms with E-state index < -0.39 is 5.97 Å². The highest BCUT2D eigenvalue weighted by Gasteiger charge is 2.14. The molecule has 0 aliphatic carbocycles. The van der Waals surface area contributed by atoms with Crippen LogP contribution in [0.15, 0.2) is 42.7 Å². The van der Waals surface area contributed by atoms with Crippen molar-refractivity contribution in [2.75, 3.05) is 7.11 Å². The third kappa shape index (κ3) is 2.42. The largest absolute Gasteiger partial charge is 0.465 e. The molecule has 0 atom stereocenters. The van der Waals surface area contributed by atoms with E-state index in [-0.39, 0.29) is 0 Å². The zero-order valence-corrected chi connectivity index (χ0v) is 12.9. The molecule has 0 amide bonds. The molecule has 0 unspecified atom stereocenters. The van der Waals surface area contributed by atoms with Gasteiger partial charge in [-0.05, 0) is 31.2 Å². The molecule has 110 valence electrons. The highest BCUT2D eigenvalue weighted by atomic mass is 35.5. The van der Waals surface area contributed by atoms with Gasteiger partial charge in [0.2, 0.25) is 0 Å². The third-order valence-corrected chi connectivity index (χ3v) is 3.81. The van der Waals surface area contributed by atoms with Gasteiger partial charge < -0.3 is 4.74 Å². The van der Waals surface area contributed by atoms with Crippen molar-refractivity contribution in [1.29, 1.82) is 0 Å². The minimum Gasteiger partial charge on any atom is -0.465 e. The van der Waals surface area contributed by atoms with Crippen LogP contribution in [0, 0.1) is 6.92 Å². The van der Waals surface area contributed by atoms with E-state index in [4.69, 9.17) is 16.3 Å². The molecule has 3 rings (SSSR count). The van der Waals surface area contributed by atoms with Crippen LogP contribution in [-0.4, -0.2) is 23.0 Å². The van der Waals surface area contributed by atoms with Gasteiger partial charge in [0, 0.05) is 34.6 Å². The first-order chi connectivity index (χ1) is 10.6. The summed E-state index contributed by atoms with van der Waals surface area (Å²) in [6.07, 6.45) is 3.35. The smallest absolute Gasteiger partial charge is 0.337 e. The fraction of sp³-hybridized carbons (Fsp3) is 0.118. The highest BCUT2D eigenvalue weighted by Crippen LogP contribution is 2.35. The number of fused-ring (bicyclic) bond motifs is 1. The molecule has 0 saturated heterocycles. The van der Waals surface area contributed by atoms with Crippen molar-refractivity contribution in [3.8, 4) is 11.1 Å². The van der Waals surface area contributed by atoms with Gasteiger partial charge in [0.25, 0.3) is 0 Å². The van der Waals surface area contributed by atoms with E-state index >= 15 is 0 Å². The van der Waals surface area contributed by atoms with Gasteiger partial charge in [-0.2, -0.15) is 0 Å². The van der Waals surface area contributed by atoms with Crippen molar-refractivity contribution in [3.05, 3.63) is 59.0 Å². The molecule has 0 spiro atoms.